The van der Waals surface area contributed by atoms with Gasteiger partial charge in [-0.3, -0.25) is 9.59 Å². The van der Waals surface area contributed by atoms with Crippen molar-refractivity contribution < 1.29 is 9.59 Å². The van der Waals surface area contributed by atoms with Gasteiger partial charge in [-0.15, -0.1) is 5.10 Å². The highest BCUT2D eigenvalue weighted by Gasteiger charge is 2.36. The summed E-state index contributed by atoms with van der Waals surface area (Å²) in [5.41, 5.74) is 7.50. The Morgan fingerprint density at radius 1 is 1.33 bits per heavy atom. The molecule has 0 saturated carbocycles. The zero-order valence-electron chi connectivity index (χ0n) is 12.0. The number of hydrogen-bond donors (Lipinski definition) is 1. The summed E-state index contributed by atoms with van der Waals surface area (Å²) in [6.07, 6.45) is 0. The van der Waals surface area contributed by atoms with Gasteiger partial charge in [-0.2, -0.15) is 0 Å². The van der Waals surface area contributed by atoms with Crippen LogP contribution in [0, 0.1) is 11.8 Å². The van der Waals surface area contributed by atoms with E-state index in [1.54, 1.807) is 34.8 Å². The van der Waals surface area contributed by atoms with Crippen LogP contribution in [0.3, 0.4) is 0 Å². The van der Waals surface area contributed by atoms with Gasteiger partial charge in [0.2, 0.25) is 5.91 Å². The molecular formula is C14H17N5O2. The maximum Gasteiger partial charge on any atom is 0.253 e. The second-order valence-corrected chi connectivity index (χ2v) is 5.61. The zero-order chi connectivity index (χ0) is 15.1. The van der Waals surface area contributed by atoms with Crippen molar-refractivity contribution in [1.82, 2.24) is 19.9 Å². The van der Waals surface area contributed by atoms with E-state index in [-0.39, 0.29) is 23.7 Å². The lowest BCUT2D eigenvalue weighted by Gasteiger charge is -2.16. The van der Waals surface area contributed by atoms with Crippen molar-refractivity contribution in [2.45, 2.75) is 6.92 Å². The molecule has 7 heteroatoms. The van der Waals surface area contributed by atoms with Crippen LogP contribution in [-0.4, -0.2) is 44.8 Å². The Morgan fingerprint density at radius 3 is 2.76 bits per heavy atom. The first kappa shape index (κ1) is 13.5. The molecule has 0 aliphatic carbocycles. The van der Waals surface area contributed by atoms with Gasteiger partial charge in [-0.25, -0.2) is 4.68 Å². The first-order valence-corrected chi connectivity index (χ1v) is 6.85. The summed E-state index contributed by atoms with van der Waals surface area (Å²) in [6.45, 7) is 2.88. The van der Waals surface area contributed by atoms with Gasteiger partial charge in [-0.05, 0) is 24.1 Å². The van der Waals surface area contributed by atoms with E-state index in [4.69, 9.17) is 5.73 Å². The minimum atomic E-state index is -0.343. The third kappa shape index (κ3) is 2.24. The summed E-state index contributed by atoms with van der Waals surface area (Å²) in [5.74, 6) is -0.609. The highest BCUT2D eigenvalue weighted by atomic mass is 16.2. The molecule has 0 radical (unpaired) electrons. The van der Waals surface area contributed by atoms with Crippen LogP contribution < -0.4 is 5.73 Å². The normalized spacial score (nSPS) is 21.9. The Kier molecular flexibility index (Phi) is 3.12. The van der Waals surface area contributed by atoms with Gasteiger partial charge >= 0.3 is 0 Å². The van der Waals surface area contributed by atoms with Crippen LogP contribution in [0.5, 0.6) is 0 Å². The van der Waals surface area contributed by atoms with Crippen molar-refractivity contribution in [3.8, 4) is 0 Å². The second-order valence-electron chi connectivity index (χ2n) is 5.61. The maximum absolute atomic E-state index is 12.6. The number of carbonyl (C=O) groups excluding carboxylic acids is 2. The number of benzene rings is 1. The third-order valence-corrected chi connectivity index (χ3v) is 4.12. The lowest BCUT2D eigenvalue weighted by Crippen LogP contribution is -2.32. The topological polar surface area (TPSA) is 94.1 Å². The van der Waals surface area contributed by atoms with Crippen LogP contribution >= 0.6 is 0 Å². The zero-order valence-corrected chi connectivity index (χ0v) is 12.0. The van der Waals surface area contributed by atoms with Crippen LogP contribution in [0.15, 0.2) is 18.2 Å². The Morgan fingerprint density at radius 2 is 2.10 bits per heavy atom. The molecule has 2 amide bonds. The summed E-state index contributed by atoms with van der Waals surface area (Å²) in [4.78, 5) is 25.6. The van der Waals surface area contributed by atoms with Crippen LogP contribution in [-0.2, 0) is 11.8 Å². The lowest BCUT2D eigenvalue weighted by molar-refractivity contribution is -0.122. The molecule has 0 unspecified atom stereocenters. The highest BCUT2D eigenvalue weighted by Crippen LogP contribution is 2.25. The van der Waals surface area contributed by atoms with E-state index < -0.39 is 0 Å². The molecule has 1 aliphatic heterocycles. The number of primary amides is 1. The standard InChI is InChI=1S/C14H17N5O2/c1-8-6-19(7-10(8)13(15)20)14(21)9-3-4-11-12(5-9)18(2)17-16-11/h3-5,8,10H,6-7H2,1-2H3,(H2,15,20)/t8-,10-/m1/s1. The molecule has 1 aliphatic rings. The number of likely N-dealkylation sites (tertiary alicyclic amines) is 1. The number of carbonyl (C=O) groups is 2. The van der Waals surface area contributed by atoms with Gasteiger partial charge in [0.25, 0.3) is 5.91 Å². The summed E-state index contributed by atoms with van der Waals surface area (Å²) in [6, 6.07) is 5.29. The van der Waals surface area contributed by atoms with Gasteiger partial charge in [0.15, 0.2) is 0 Å². The molecule has 2 atom stereocenters. The summed E-state index contributed by atoms with van der Waals surface area (Å²) < 4.78 is 1.63. The fourth-order valence-electron chi connectivity index (χ4n) is 2.85. The van der Waals surface area contributed by atoms with E-state index in [2.05, 4.69) is 10.3 Å². The number of nitrogens with zero attached hydrogens (tertiary/aromatic N) is 4. The van der Waals surface area contributed by atoms with Crippen molar-refractivity contribution in [1.29, 1.82) is 0 Å². The molecule has 1 saturated heterocycles. The molecular weight excluding hydrogens is 270 g/mol. The molecule has 1 fully saturated rings. The van der Waals surface area contributed by atoms with Crippen molar-refractivity contribution in [3.05, 3.63) is 23.8 Å². The van der Waals surface area contributed by atoms with Crippen LogP contribution in [0.4, 0.5) is 0 Å². The van der Waals surface area contributed by atoms with Gasteiger partial charge in [0, 0.05) is 25.7 Å². The summed E-state index contributed by atoms with van der Waals surface area (Å²) in [7, 11) is 1.78. The Hall–Kier alpha value is -2.44. The molecule has 2 heterocycles. The first-order valence-electron chi connectivity index (χ1n) is 6.85. The molecule has 3 rings (SSSR count). The van der Waals surface area contributed by atoms with Gasteiger partial charge in [0.1, 0.15) is 5.52 Å². The lowest BCUT2D eigenvalue weighted by atomic mass is 9.98. The minimum Gasteiger partial charge on any atom is -0.369 e. The minimum absolute atomic E-state index is 0.0892. The number of aryl methyl sites for hydroxylation is 1. The quantitative estimate of drug-likeness (QED) is 0.851. The number of hydrogen-bond acceptors (Lipinski definition) is 4. The molecule has 0 spiro atoms. The Balaban J connectivity index is 1.87. The van der Waals surface area contributed by atoms with Gasteiger partial charge in [-0.1, -0.05) is 12.1 Å². The monoisotopic (exact) mass is 287 g/mol. The number of rotatable bonds is 2. The van der Waals surface area contributed by atoms with E-state index in [1.807, 2.05) is 6.92 Å². The van der Waals surface area contributed by atoms with Crippen molar-refractivity contribution in [3.63, 3.8) is 0 Å². The predicted molar refractivity (Wildman–Crippen MR) is 76.3 cm³/mol. The van der Waals surface area contributed by atoms with Crippen molar-refractivity contribution in [2.24, 2.45) is 24.6 Å². The molecule has 2 aromatic rings. The Labute approximate surface area is 121 Å². The Bertz CT molecular complexity index is 723. The molecule has 1 aromatic heterocycles. The van der Waals surface area contributed by atoms with Crippen LogP contribution in [0.2, 0.25) is 0 Å². The van der Waals surface area contributed by atoms with E-state index >= 15 is 0 Å². The molecule has 1 aromatic carbocycles. The van der Waals surface area contributed by atoms with Crippen molar-refractivity contribution >= 4 is 22.8 Å². The molecule has 110 valence electrons. The largest absolute Gasteiger partial charge is 0.369 e. The molecule has 21 heavy (non-hydrogen) atoms. The van der Waals surface area contributed by atoms with E-state index in [0.29, 0.717) is 18.7 Å². The number of amides is 2. The smallest absolute Gasteiger partial charge is 0.253 e. The average Bonchev–Trinajstić information content (AvgIpc) is 3.02. The fraction of sp³-hybridized carbons (Fsp3) is 0.429. The third-order valence-electron chi connectivity index (χ3n) is 4.12. The molecule has 0 bridgehead atoms. The van der Waals surface area contributed by atoms with E-state index in [1.165, 1.54) is 0 Å². The SMILES string of the molecule is C[C@@H]1CN(C(=O)c2ccc3nnn(C)c3c2)C[C@H]1C(N)=O. The van der Waals surface area contributed by atoms with Crippen LogP contribution in [0.1, 0.15) is 17.3 Å². The van der Waals surface area contributed by atoms with Crippen LogP contribution in [0.25, 0.3) is 11.0 Å². The summed E-state index contributed by atoms with van der Waals surface area (Å²) in [5, 5.41) is 7.91. The van der Waals surface area contributed by atoms with E-state index in [9.17, 15) is 9.59 Å². The second kappa shape index (κ2) is 4.83. The maximum atomic E-state index is 12.6. The fourth-order valence-corrected chi connectivity index (χ4v) is 2.85. The number of aromatic nitrogens is 3. The highest BCUT2D eigenvalue weighted by molar-refractivity contribution is 5.97. The number of nitrogens with two attached hydrogens (primary N) is 1. The molecule has 7 nitrogen and oxygen atoms in total. The van der Waals surface area contributed by atoms with Crippen molar-refractivity contribution in [2.75, 3.05) is 13.1 Å². The first-order chi connectivity index (χ1) is 9.97. The molecule has 2 N–H and O–H groups in total. The number of fused-ring (bicyclic) bond motifs is 1. The van der Waals surface area contributed by atoms with E-state index in [0.717, 1.165) is 11.0 Å². The van der Waals surface area contributed by atoms with Gasteiger partial charge < -0.3 is 10.6 Å². The van der Waals surface area contributed by atoms with Gasteiger partial charge in [0.05, 0.1) is 11.4 Å². The average molecular weight is 287 g/mol. The summed E-state index contributed by atoms with van der Waals surface area (Å²) >= 11 is 0. The predicted octanol–water partition coefficient (Wildman–Crippen LogP) is 0.162.